The fourth-order valence-corrected chi connectivity index (χ4v) is 5.37. The second-order valence-electron chi connectivity index (χ2n) is 5.63. The highest BCUT2D eigenvalue weighted by Gasteiger charge is 2.40. The summed E-state index contributed by atoms with van der Waals surface area (Å²) in [5.74, 6) is 3.09. The summed E-state index contributed by atoms with van der Waals surface area (Å²) in [7, 11) is -1.01. The van der Waals surface area contributed by atoms with Gasteiger partial charge in [-0.3, -0.25) is 4.21 Å². The zero-order chi connectivity index (χ0) is 12.7. The van der Waals surface area contributed by atoms with E-state index in [1.54, 1.807) is 18.2 Å². The van der Waals surface area contributed by atoms with E-state index in [4.69, 9.17) is 17.3 Å². The first kappa shape index (κ1) is 12.5. The molecule has 4 unspecified atom stereocenters. The van der Waals surface area contributed by atoms with E-state index in [2.05, 4.69) is 0 Å². The van der Waals surface area contributed by atoms with Crippen molar-refractivity contribution in [2.24, 2.45) is 17.8 Å². The maximum Gasteiger partial charge on any atom is 0.0632 e. The molecule has 2 fully saturated rings. The van der Waals surface area contributed by atoms with Gasteiger partial charge in [-0.2, -0.15) is 0 Å². The highest BCUT2D eigenvalue weighted by Crippen LogP contribution is 2.48. The maximum atomic E-state index is 12.4. The van der Waals surface area contributed by atoms with Crippen molar-refractivity contribution in [3.05, 3.63) is 23.2 Å². The van der Waals surface area contributed by atoms with Crippen molar-refractivity contribution in [2.75, 3.05) is 11.5 Å². The molecular formula is C14H18ClNOS. The molecule has 4 heteroatoms. The van der Waals surface area contributed by atoms with Crippen molar-refractivity contribution >= 4 is 28.1 Å². The van der Waals surface area contributed by atoms with Gasteiger partial charge in [-0.1, -0.05) is 18.0 Å². The van der Waals surface area contributed by atoms with Gasteiger partial charge in [0.25, 0.3) is 0 Å². The van der Waals surface area contributed by atoms with Crippen LogP contribution < -0.4 is 5.73 Å². The number of nitrogens with two attached hydrogens (primary N) is 1. The fourth-order valence-electron chi connectivity index (χ4n) is 3.57. The quantitative estimate of drug-likeness (QED) is 0.863. The van der Waals surface area contributed by atoms with Gasteiger partial charge in [-0.25, -0.2) is 0 Å². The summed E-state index contributed by atoms with van der Waals surface area (Å²) in [4.78, 5) is 0.713. The van der Waals surface area contributed by atoms with Gasteiger partial charge < -0.3 is 5.73 Å². The van der Waals surface area contributed by atoms with Crippen LogP contribution in [0.15, 0.2) is 23.1 Å². The van der Waals surface area contributed by atoms with Crippen molar-refractivity contribution in [3.63, 3.8) is 0 Å². The van der Waals surface area contributed by atoms with Gasteiger partial charge in [0.05, 0.1) is 15.7 Å². The minimum Gasteiger partial charge on any atom is -0.398 e. The molecule has 0 heterocycles. The molecule has 1 aromatic rings. The van der Waals surface area contributed by atoms with Gasteiger partial charge in [-0.05, 0) is 55.2 Å². The first-order valence-corrected chi connectivity index (χ1v) is 8.26. The van der Waals surface area contributed by atoms with Gasteiger partial charge in [0.15, 0.2) is 0 Å². The molecule has 0 spiro atoms. The molecule has 1 aromatic carbocycles. The number of benzene rings is 1. The Kier molecular flexibility index (Phi) is 3.37. The Morgan fingerprint density at radius 1 is 1.33 bits per heavy atom. The van der Waals surface area contributed by atoms with Crippen LogP contribution in [-0.4, -0.2) is 9.96 Å². The summed E-state index contributed by atoms with van der Waals surface area (Å²) >= 11 is 5.95. The normalized spacial score (nSPS) is 31.7. The third kappa shape index (κ3) is 2.30. The summed E-state index contributed by atoms with van der Waals surface area (Å²) in [5, 5.41) is 0.612. The summed E-state index contributed by atoms with van der Waals surface area (Å²) in [6.07, 6.45) is 5.33. The molecule has 0 aliphatic heterocycles. The number of anilines is 1. The molecule has 0 radical (unpaired) electrons. The topological polar surface area (TPSA) is 43.1 Å². The van der Waals surface area contributed by atoms with Crippen LogP contribution in [-0.2, 0) is 10.8 Å². The predicted molar refractivity (Wildman–Crippen MR) is 76.1 cm³/mol. The van der Waals surface area contributed by atoms with Crippen molar-refractivity contribution in [3.8, 4) is 0 Å². The van der Waals surface area contributed by atoms with Gasteiger partial charge in [0.1, 0.15) is 0 Å². The van der Waals surface area contributed by atoms with E-state index in [1.165, 1.54) is 25.7 Å². The Bertz CT molecular complexity index is 491. The molecule has 2 N–H and O–H groups in total. The molecule has 2 aliphatic rings. The summed E-state index contributed by atoms with van der Waals surface area (Å²) in [6, 6.07) is 5.24. The molecule has 2 aliphatic carbocycles. The lowest BCUT2D eigenvalue weighted by molar-refractivity contribution is 0.363. The molecule has 2 bridgehead atoms. The number of fused-ring (bicyclic) bond motifs is 2. The highest BCUT2D eigenvalue weighted by molar-refractivity contribution is 7.85. The molecule has 18 heavy (non-hydrogen) atoms. The van der Waals surface area contributed by atoms with Gasteiger partial charge in [0, 0.05) is 16.5 Å². The fraction of sp³-hybridized carbons (Fsp3) is 0.571. The zero-order valence-corrected chi connectivity index (χ0v) is 11.8. The first-order valence-electron chi connectivity index (χ1n) is 6.57. The minimum absolute atomic E-state index is 0.598. The lowest BCUT2D eigenvalue weighted by Crippen LogP contribution is -2.18. The molecular weight excluding hydrogens is 266 g/mol. The Labute approximate surface area is 115 Å². The number of nitrogen functional groups attached to an aromatic ring is 1. The lowest BCUT2D eigenvalue weighted by Gasteiger charge is -2.21. The van der Waals surface area contributed by atoms with Gasteiger partial charge >= 0.3 is 0 Å². The van der Waals surface area contributed by atoms with Gasteiger partial charge in [0.2, 0.25) is 0 Å². The molecule has 0 saturated heterocycles. The Morgan fingerprint density at radius 2 is 2.17 bits per heavy atom. The molecule has 0 aromatic heterocycles. The van der Waals surface area contributed by atoms with E-state index in [-0.39, 0.29) is 0 Å². The van der Waals surface area contributed by atoms with Crippen LogP contribution in [0, 0.1) is 17.8 Å². The van der Waals surface area contributed by atoms with E-state index in [0.29, 0.717) is 21.5 Å². The molecule has 4 atom stereocenters. The van der Waals surface area contributed by atoms with E-state index in [1.807, 2.05) is 0 Å². The molecule has 3 rings (SSSR count). The number of hydrogen-bond acceptors (Lipinski definition) is 2. The average Bonchev–Trinajstić information content (AvgIpc) is 2.94. The second kappa shape index (κ2) is 4.86. The Balaban J connectivity index is 1.73. The van der Waals surface area contributed by atoms with E-state index in [9.17, 15) is 4.21 Å². The third-order valence-electron chi connectivity index (χ3n) is 4.47. The summed E-state index contributed by atoms with van der Waals surface area (Å²) < 4.78 is 12.4. The monoisotopic (exact) mass is 283 g/mol. The van der Waals surface area contributed by atoms with Crippen LogP contribution in [0.5, 0.6) is 0 Å². The third-order valence-corrected chi connectivity index (χ3v) is 6.28. The van der Waals surface area contributed by atoms with Crippen molar-refractivity contribution in [2.45, 2.75) is 30.6 Å². The van der Waals surface area contributed by atoms with E-state index >= 15 is 0 Å². The van der Waals surface area contributed by atoms with Crippen LogP contribution in [0.1, 0.15) is 25.7 Å². The van der Waals surface area contributed by atoms with Crippen LogP contribution in [0.4, 0.5) is 5.69 Å². The number of hydrogen-bond donors (Lipinski definition) is 1. The lowest BCUT2D eigenvalue weighted by atomic mass is 9.90. The van der Waals surface area contributed by atoms with Crippen molar-refractivity contribution in [1.82, 2.24) is 0 Å². The van der Waals surface area contributed by atoms with Crippen molar-refractivity contribution in [1.29, 1.82) is 0 Å². The number of rotatable bonds is 3. The van der Waals surface area contributed by atoms with Crippen LogP contribution in [0.2, 0.25) is 5.02 Å². The smallest absolute Gasteiger partial charge is 0.0632 e. The Morgan fingerprint density at radius 3 is 2.83 bits per heavy atom. The molecule has 0 amide bonds. The summed E-state index contributed by atoms with van der Waals surface area (Å²) in [6.45, 7) is 0. The second-order valence-corrected chi connectivity index (χ2v) is 7.53. The van der Waals surface area contributed by atoms with Crippen LogP contribution >= 0.6 is 11.6 Å². The SMILES string of the molecule is Nc1ccc(Cl)cc1S(=O)CC1CC2CCC1C2. The number of halogens is 1. The van der Waals surface area contributed by atoms with Crippen molar-refractivity contribution < 1.29 is 4.21 Å². The van der Waals surface area contributed by atoms with E-state index < -0.39 is 10.8 Å². The van der Waals surface area contributed by atoms with Crippen LogP contribution in [0.3, 0.4) is 0 Å². The molecule has 98 valence electrons. The van der Waals surface area contributed by atoms with Crippen LogP contribution in [0.25, 0.3) is 0 Å². The zero-order valence-electron chi connectivity index (χ0n) is 10.3. The minimum atomic E-state index is -1.01. The summed E-state index contributed by atoms with van der Waals surface area (Å²) in [5.41, 5.74) is 6.49. The first-order chi connectivity index (χ1) is 8.63. The average molecular weight is 284 g/mol. The maximum absolute atomic E-state index is 12.4. The molecule has 2 nitrogen and oxygen atoms in total. The predicted octanol–water partition coefficient (Wildman–Crippen LogP) is 3.47. The largest absolute Gasteiger partial charge is 0.398 e. The van der Waals surface area contributed by atoms with E-state index in [0.717, 1.165) is 17.6 Å². The highest BCUT2D eigenvalue weighted by atomic mass is 35.5. The van der Waals surface area contributed by atoms with Gasteiger partial charge in [-0.15, -0.1) is 0 Å². The Hall–Kier alpha value is -0.540. The standard InChI is InChI=1S/C14H18ClNOS/c15-12-3-4-13(16)14(7-12)18(17)8-11-6-9-1-2-10(11)5-9/h3-4,7,9-11H,1-2,5-6,8,16H2. The molecule has 2 saturated carbocycles.